The molecule has 0 spiro atoms. The highest BCUT2D eigenvalue weighted by molar-refractivity contribution is 14.1. The van der Waals surface area contributed by atoms with Crippen molar-refractivity contribution in [2.75, 3.05) is 0 Å². The van der Waals surface area contributed by atoms with E-state index in [0.717, 1.165) is 3.77 Å². The fourth-order valence-electron chi connectivity index (χ4n) is 1.44. The van der Waals surface area contributed by atoms with Gasteiger partial charge in [-0.25, -0.2) is 0 Å². The summed E-state index contributed by atoms with van der Waals surface area (Å²) in [6, 6.07) is 3.63. The number of aromatic hydroxyl groups is 1. The third-order valence-electron chi connectivity index (χ3n) is 2.19. The van der Waals surface area contributed by atoms with Crippen LogP contribution in [0.15, 0.2) is 16.5 Å². The zero-order valence-electron chi connectivity index (χ0n) is 8.92. The molecule has 0 amide bonds. The molecule has 0 aliphatic rings. The average Bonchev–Trinajstić information content (AvgIpc) is 2.78. The van der Waals surface area contributed by atoms with E-state index in [4.69, 9.17) is 21.7 Å². The molecular weight excluding hydrogens is 389 g/mol. The Balaban J connectivity index is 2.29. The van der Waals surface area contributed by atoms with Crippen molar-refractivity contribution >= 4 is 52.1 Å². The highest BCUT2D eigenvalue weighted by Crippen LogP contribution is 2.29. The fraction of sp³-hybridized carbons (Fsp3) is 0.200. The molecule has 96 valence electrons. The number of furan rings is 1. The van der Waals surface area contributed by atoms with E-state index in [1.54, 1.807) is 0 Å². The number of hydrogen-bond acceptors (Lipinski definition) is 5. The SMILES string of the molecule is O=C(O)Cn1c(O)c(Cc2ccc(I)o2)sc1=S. The first-order valence-electron chi connectivity index (χ1n) is 4.85. The lowest BCUT2D eigenvalue weighted by atomic mass is 10.3. The van der Waals surface area contributed by atoms with E-state index in [1.807, 2.05) is 12.1 Å². The standard InChI is InChI=1S/C10H8INO4S2/c11-7-2-1-5(16-7)3-6-9(15)12(4-8(13)14)10(17)18-6/h1-2,15H,3-4H2,(H,13,14). The molecule has 0 aliphatic carbocycles. The van der Waals surface area contributed by atoms with Crippen molar-refractivity contribution in [2.45, 2.75) is 13.0 Å². The molecule has 0 saturated heterocycles. The summed E-state index contributed by atoms with van der Waals surface area (Å²) in [6.45, 7) is -0.336. The molecule has 8 heteroatoms. The second-order valence-electron chi connectivity index (χ2n) is 3.48. The lowest BCUT2D eigenvalue weighted by Crippen LogP contribution is -2.08. The number of halogens is 1. The third-order valence-corrected chi connectivity index (χ3v) is 4.21. The van der Waals surface area contributed by atoms with Crippen molar-refractivity contribution < 1.29 is 19.4 Å². The van der Waals surface area contributed by atoms with E-state index in [9.17, 15) is 9.90 Å². The van der Waals surface area contributed by atoms with Crippen LogP contribution in [0, 0.1) is 7.72 Å². The molecule has 5 nitrogen and oxygen atoms in total. The van der Waals surface area contributed by atoms with Gasteiger partial charge < -0.3 is 14.6 Å². The molecule has 2 rings (SSSR count). The molecule has 18 heavy (non-hydrogen) atoms. The Kier molecular flexibility index (Phi) is 4.07. The first-order chi connectivity index (χ1) is 8.47. The van der Waals surface area contributed by atoms with E-state index >= 15 is 0 Å². The number of hydrogen-bond donors (Lipinski definition) is 2. The Hall–Kier alpha value is -0.870. The van der Waals surface area contributed by atoms with E-state index in [1.165, 1.54) is 15.9 Å². The lowest BCUT2D eigenvalue weighted by molar-refractivity contribution is -0.137. The van der Waals surface area contributed by atoms with Crippen LogP contribution < -0.4 is 0 Å². The number of nitrogens with zero attached hydrogens (tertiary/aromatic N) is 1. The smallest absolute Gasteiger partial charge is 0.323 e. The zero-order valence-corrected chi connectivity index (χ0v) is 12.7. The molecule has 0 aromatic carbocycles. The molecule has 2 aromatic rings. The Morgan fingerprint density at radius 2 is 2.28 bits per heavy atom. The second-order valence-corrected chi connectivity index (χ2v) is 6.27. The van der Waals surface area contributed by atoms with Gasteiger partial charge in [-0.15, -0.1) is 11.3 Å². The second kappa shape index (κ2) is 5.41. The van der Waals surface area contributed by atoms with Crippen molar-refractivity contribution in [3.8, 4) is 5.88 Å². The predicted octanol–water partition coefficient (Wildman–Crippen LogP) is 2.86. The van der Waals surface area contributed by atoms with Crippen molar-refractivity contribution in [3.05, 3.63) is 30.5 Å². The number of thiazole rings is 1. The van der Waals surface area contributed by atoms with Gasteiger partial charge in [0, 0.05) is 6.42 Å². The van der Waals surface area contributed by atoms with Gasteiger partial charge in [-0.05, 0) is 46.9 Å². The van der Waals surface area contributed by atoms with E-state index in [-0.39, 0.29) is 12.4 Å². The van der Waals surface area contributed by atoms with Gasteiger partial charge in [-0.1, -0.05) is 0 Å². The third kappa shape index (κ3) is 2.93. The minimum absolute atomic E-state index is 0.0983. The number of aromatic nitrogens is 1. The van der Waals surface area contributed by atoms with Crippen LogP contribution >= 0.6 is 46.1 Å². The molecule has 2 N–H and O–H groups in total. The maximum Gasteiger partial charge on any atom is 0.323 e. The molecule has 2 heterocycles. The van der Waals surface area contributed by atoms with Crippen LogP contribution in [0.25, 0.3) is 0 Å². The van der Waals surface area contributed by atoms with Crippen LogP contribution in [0.5, 0.6) is 5.88 Å². The minimum Gasteiger partial charge on any atom is -0.494 e. The van der Waals surface area contributed by atoms with Gasteiger partial charge in [-0.3, -0.25) is 9.36 Å². The number of carbonyl (C=O) groups is 1. The molecule has 0 radical (unpaired) electrons. The largest absolute Gasteiger partial charge is 0.494 e. The molecule has 2 aromatic heterocycles. The van der Waals surface area contributed by atoms with Gasteiger partial charge in [-0.2, -0.15) is 0 Å². The molecule has 0 unspecified atom stereocenters. The van der Waals surface area contributed by atoms with Crippen LogP contribution in [0.2, 0.25) is 0 Å². The molecule has 0 bridgehead atoms. The maximum absolute atomic E-state index is 10.7. The Bertz CT molecular complexity index is 643. The zero-order chi connectivity index (χ0) is 13.3. The molecule has 0 atom stereocenters. The van der Waals surface area contributed by atoms with Crippen LogP contribution in [-0.4, -0.2) is 20.7 Å². The van der Waals surface area contributed by atoms with E-state index < -0.39 is 5.97 Å². The lowest BCUT2D eigenvalue weighted by Gasteiger charge is -2.00. The molecular formula is C10H8INO4S2. The summed E-state index contributed by atoms with van der Waals surface area (Å²) in [7, 11) is 0. The van der Waals surface area contributed by atoms with Gasteiger partial charge in [0.05, 0.1) is 4.88 Å². The monoisotopic (exact) mass is 397 g/mol. The molecule has 0 fully saturated rings. The van der Waals surface area contributed by atoms with Crippen LogP contribution in [-0.2, 0) is 17.8 Å². The van der Waals surface area contributed by atoms with Crippen molar-refractivity contribution in [1.29, 1.82) is 0 Å². The quantitative estimate of drug-likeness (QED) is 0.613. The maximum atomic E-state index is 10.7. The topological polar surface area (TPSA) is 75.6 Å². The summed E-state index contributed by atoms with van der Waals surface area (Å²) < 4.78 is 7.69. The average molecular weight is 397 g/mol. The normalized spacial score (nSPS) is 10.7. The Labute approximate surface area is 125 Å². The number of rotatable bonds is 4. The fourth-order valence-corrected chi connectivity index (χ4v) is 3.24. The highest BCUT2D eigenvalue weighted by atomic mass is 127. The number of carboxylic acids is 1. The van der Waals surface area contributed by atoms with E-state index in [2.05, 4.69) is 22.6 Å². The van der Waals surface area contributed by atoms with Crippen LogP contribution in [0.4, 0.5) is 0 Å². The summed E-state index contributed by atoms with van der Waals surface area (Å²) in [5, 5.41) is 18.7. The van der Waals surface area contributed by atoms with Crippen LogP contribution in [0.1, 0.15) is 10.6 Å². The van der Waals surface area contributed by atoms with Gasteiger partial charge >= 0.3 is 5.97 Å². The Morgan fingerprint density at radius 3 is 2.83 bits per heavy atom. The Morgan fingerprint density at radius 1 is 1.56 bits per heavy atom. The number of carboxylic acid groups (broad SMARTS) is 1. The summed E-state index contributed by atoms with van der Waals surface area (Å²) in [5.74, 6) is -0.439. The number of aliphatic carboxylic acids is 1. The summed E-state index contributed by atoms with van der Waals surface area (Å²) in [6.07, 6.45) is 0.399. The first-order valence-corrected chi connectivity index (χ1v) is 7.15. The van der Waals surface area contributed by atoms with E-state index in [0.29, 0.717) is 21.0 Å². The van der Waals surface area contributed by atoms with Gasteiger partial charge in [0.15, 0.2) is 7.72 Å². The predicted molar refractivity (Wildman–Crippen MR) is 76.7 cm³/mol. The molecule has 0 aliphatic heterocycles. The molecule has 0 saturated carbocycles. The minimum atomic E-state index is -1.04. The highest BCUT2D eigenvalue weighted by Gasteiger charge is 2.15. The summed E-state index contributed by atoms with van der Waals surface area (Å²) >= 11 is 8.27. The van der Waals surface area contributed by atoms with Gasteiger partial charge in [0.1, 0.15) is 12.3 Å². The van der Waals surface area contributed by atoms with Crippen molar-refractivity contribution in [3.63, 3.8) is 0 Å². The summed E-state index contributed by atoms with van der Waals surface area (Å²) in [4.78, 5) is 11.3. The van der Waals surface area contributed by atoms with Crippen LogP contribution in [0.3, 0.4) is 0 Å². The van der Waals surface area contributed by atoms with Crippen molar-refractivity contribution in [2.24, 2.45) is 0 Å². The first kappa shape index (κ1) is 13.6. The van der Waals surface area contributed by atoms with Gasteiger partial charge in [0.2, 0.25) is 5.88 Å². The van der Waals surface area contributed by atoms with Gasteiger partial charge in [0.25, 0.3) is 0 Å². The summed E-state index contributed by atoms with van der Waals surface area (Å²) in [5.41, 5.74) is 0. The van der Waals surface area contributed by atoms with Crippen molar-refractivity contribution in [1.82, 2.24) is 4.57 Å².